The molecule has 0 fully saturated rings. The molecule has 0 heterocycles. The number of azide groups is 1. The van der Waals surface area contributed by atoms with E-state index in [0.29, 0.717) is 0 Å². The lowest BCUT2D eigenvalue weighted by Crippen LogP contribution is -1.94. The van der Waals surface area contributed by atoms with Gasteiger partial charge in [0.25, 0.3) is 0 Å². The first-order chi connectivity index (χ1) is 7.70. The number of methoxy groups -OCH3 is 1. The summed E-state index contributed by atoms with van der Waals surface area (Å²) in [4.78, 5) is 2.51. The lowest BCUT2D eigenvalue weighted by Gasteiger charge is -2.04. The molecule has 0 aliphatic heterocycles. The van der Waals surface area contributed by atoms with Crippen molar-refractivity contribution in [3.63, 3.8) is 0 Å². The maximum absolute atomic E-state index is 13.5. The van der Waals surface area contributed by atoms with Crippen molar-refractivity contribution in [2.45, 2.75) is 0 Å². The molecule has 1 rings (SSSR count). The SMILES string of the molecule is COc1ccc(F)c(C=CCN=[N+]=[N-])c1F. The molecule has 16 heavy (non-hydrogen) atoms. The first-order valence-corrected chi connectivity index (χ1v) is 4.40. The predicted molar refractivity (Wildman–Crippen MR) is 56.0 cm³/mol. The summed E-state index contributed by atoms with van der Waals surface area (Å²) in [6, 6.07) is 2.31. The quantitative estimate of drug-likeness (QED) is 0.440. The summed E-state index contributed by atoms with van der Waals surface area (Å²) in [5.41, 5.74) is 7.80. The van der Waals surface area contributed by atoms with Crippen molar-refractivity contribution in [1.82, 2.24) is 0 Å². The molecular weight excluding hydrogens is 216 g/mol. The Bertz CT molecular complexity index is 454. The second-order valence-corrected chi connectivity index (χ2v) is 2.79. The van der Waals surface area contributed by atoms with Crippen LogP contribution in [-0.4, -0.2) is 13.7 Å². The van der Waals surface area contributed by atoms with E-state index >= 15 is 0 Å². The number of rotatable bonds is 4. The zero-order chi connectivity index (χ0) is 12.0. The molecule has 6 heteroatoms. The summed E-state index contributed by atoms with van der Waals surface area (Å²) >= 11 is 0. The van der Waals surface area contributed by atoms with Gasteiger partial charge < -0.3 is 4.74 Å². The van der Waals surface area contributed by atoms with Crippen LogP contribution in [0.15, 0.2) is 23.3 Å². The molecule has 0 aliphatic carbocycles. The molecular formula is C10H9F2N3O. The topological polar surface area (TPSA) is 58.0 Å². The van der Waals surface area contributed by atoms with E-state index in [1.165, 1.54) is 25.3 Å². The summed E-state index contributed by atoms with van der Waals surface area (Å²) in [7, 11) is 1.30. The average molecular weight is 225 g/mol. The lowest BCUT2D eigenvalue weighted by molar-refractivity contribution is 0.383. The average Bonchev–Trinajstić information content (AvgIpc) is 2.28. The molecule has 0 unspecified atom stereocenters. The van der Waals surface area contributed by atoms with Crippen LogP contribution < -0.4 is 4.74 Å². The zero-order valence-corrected chi connectivity index (χ0v) is 8.52. The smallest absolute Gasteiger partial charge is 0.175 e. The van der Waals surface area contributed by atoms with E-state index in [-0.39, 0.29) is 17.9 Å². The van der Waals surface area contributed by atoms with Crippen molar-refractivity contribution in [2.24, 2.45) is 5.11 Å². The summed E-state index contributed by atoms with van der Waals surface area (Å²) in [5, 5.41) is 3.21. The summed E-state index contributed by atoms with van der Waals surface area (Å²) in [5.74, 6) is -1.51. The van der Waals surface area contributed by atoms with Crippen LogP contribution >= 0.6 is 0 Å². The Labute approximate surface area is 90.8 Å². The first kappa shape index (κ1) is 12.0. The molecule has 0 spiro atoms. The standard InChI is InChI=1S/C10H9F2N3O/c1-16-9-5-4-8(11)7(10(9)12)3-2-6-14-15-13/h2-5H,6H2,1H3. The fourth-order valence-corrected chi connectivity index (χ4v) is 1.11. The van der Waals surface area contributed by atoms with E-state index in [9.17, 15) is 8.78 Å². The third kappa shape index (κ3) is 2.71. The van der Waals surface area contributed by atoms with Crippen LogP contribution in [0.25, 0.3) is 16.5 Å². The summed E-state index contributed by atoms with van der Waals surface area (Å²) in [6.45, 7) is 0.0343. The molecule has 0 N–H and O–H groups in total. The van der Waals surface area contributed by atoms with Gasteiger partial charge in [0.2, 0.25) is 0 Å². The van der Waals surface area contributed by atoms with E-state index in [2.05, 4.69) is 10.0 Å². The maximum Gasteiger partial charge on any atom is 0.175 e. The van der Waals surface area contributed by atoms with Gasteiger partial charge in [-0.2, -0.15) is 0 Å². The molecule has 0 radical (unpaired) electrons. The normalized spacial score (nSPS) is 10.2. The second-order valence-electron chi connectivity index (χ2n) is 2.79. The molecule has 84 valence electrons. The molecule has 0 atom stereocenters. The largest absolute Gasteiger partial charge is 0.494 e. The van der Waals surface area contributed by atoms with Gasteiger partial charge in [-0.25, -0.2) is 8.78 Å². The molecule has 0 aromatic heterocycles. The van der Waals surface area contributed by atoms with Crippen molar-refractivity contribution in [3.8, 4) is 5.75 Å². The monoisotopic (exact) mass is 225 g/mol. The Balaban J connectivity index is 3.02. The molecule has 1 aromatic carbocycles. The van der Waals surface area contributed by atoms with Gasteiger partial charge in [-0.1, -0.05) is 17.3 Å². The van der Waals surface area contributed by atoms with Crippen LogP contribution in [0, 0.1) is 11.6 Å². The van der Waals surface area contributed by atoms with Gasteiger partial charge in [-0.3, -0.25) is 0 Å². The summed E-state index contributed by atoms with van der Waals surface area (Å²) < 4.78 is 31.5. The van der Waals surface area contributed by atoms with Gasteiger partial charge in [-0.15, -0.1) is 0 Å². The van der Waals surface area contributed by atoms with Crippen LogP contribution in [-0.2, 0) is 0 Å². The Morgan fingerprint density at radius 3 is 2.88 bits per heavy atom. The van der Waals surface area contributed by atoms with E-state index in [1.54, 1.807) is 0 Å². The number of hydrogen-bond donors (Lipinski definition) is 0. The number of hydrogen-bond acceptors (Lipinski definition) is 2. The highest BCUT2D eigenvalue weighted by molar-refractivity contribution is 5.54. The molecule has 0 bridgehead atoms. The fraction of sp³-hybridized carbons (Fsp3) is 0.200. The third-order valence-electron chi connectivity index (χ3n) is 1.85. The number of benzene rings is 1. The van der Waals surface area contributed by atoms with Crippen molar-refractivity contribution >= 4 is 6.08 Å². The van der Waals surface area contributed by atoms with Gasteiger partial charge in [0.1, 0.15) is 5.82 Å². The van der Waals surface area contributed by atoms with Crippen molar-refractivity contribution in [2.75, 3.05) is 13.7 Å². The molecule has 0 saturated carbocycles. The minimum Gasteiger partial charge on any atom is -0.494 e. The van der Waals surface area contributed by atoms with Gasteiger partial charge >= 0.3 is 0 Å². The van der Waals surface area contributed by atoms with Crippen molar-refractivity contribution in [3.05, 3.63) is 45.8 Å². The van der Waals surface area contributed by atoms with E-state index in [1.807, 2.05) is 0 Å². The Morgan fingerprint density at radius 1 is 1.50 bits per heavy atom. The molecule has 1 aromatic rings. The van der Waals surface area contributed by atoms with Gasteiger partial charge in [0.15, 0.2) is 11.6 Å². The van der Waals surface area contributed by atoms with Crippen LogP contribution in [0.2, 0.25) is 0 Å². The fourth-order valence-electron chi connectivity index (χ4n) is 1.11. The van der Waals surface area contributed by atoms with Crippen LogP contribution in [0.1, 0.15) is 5.56 Å². The van der Waals surface area contributed by atoms with E-state index < -0.39 is 11.6 Å². The minimum absolute atomic E-state index is 0.0343. The van der Waals surface area contributed by atoms with Crippen molar-refractivity contribution < 1.29 is 13.5 Å². The first-order valence-electron chi connectivity index (χ1n) is 4.40. The highest BCUT2D eigenvalue weighted by atomic mass is 19.1. The Kier molecular flexibility index (Phi) is 4.29. The van der Waals surface area contributed by atoms with Crippen LogP contribution in [0.5, 0.6) is 5.75 Å². The van der Waals surface area contributed by atoms with Crippen molar-refractivity contribution in [1.29, 1.82) is 0 Å². The molecule has 4 nitrogen and oxygen atoms in total. The maximum atomic E-state index is 13.5. The predicted octanol–water partition coefficient (Wildman–Crippen LogP) is 3.30. The van der Waals surface area contributed by atoms with Gasteiger partial charge in [0, 0.05) is 17.0 Å². The van der Waals surface area contributed by atoms with Crippen LogP contribution in [0.4, 0.5) is 8.78 Å². The van der Waals surface area contributed by atoms with Gasteiger partial charge in [0.05, 0.1) is 7.11 Å². The van der Waals surface area contributed by atoms with E-state index in [0.717, 1.165) is 6.07 Å². The zero-order valence-electron chi connectivity index (χ0n) is 8.52. The van der Waals surface area contributed by atoms with E-state index in [4.69, 9.17) is 10.3 Å². The number of ether oxygens (including phenoxy) is 1. The van der Waals surface area contributed by atoms with Crippen LogP contribution in [0.3, 0.4) is 0 Å². The molecule has 0 aliphatic rings. The number of nitrogens with zero attached hydrogens (tertiary/aromatic N) is 3. The Morgan fingerprint density at radius 2 is 2.25 bits per heavy atom. The minimum atomic E-state index is -0.778. The summed E-state index contributed by atoms with van der Waals surface area (Å²) in [6.07, 6.45) is 2.57. The Hall–Kier alpha value is -2.07. The lowest BCUT2D eigenvalue weighted by atomic mass is 10.1. The van der Waals surface area contributed by atoms with Gasteiger partial charge in [-0.05, 0) is 17.7 Å². The highest BCUT2D eigenvalue weighted by Crippen LogP contribution is 2.23. The second kappa shape index (κ2) is 5.72. The molecule has 0 saturated heterocycles. The third-order valence-corrected chi connectivity index (χ3v) is 1.85. The molecule has 0 amide bonds. The highest BCUT2D eigenvalue weighted by Gasteiger charge is 2.11. The number of halogens is 2.